The summed E-state index contributed by atoms with van der Waals surface area (Å²) in [6.45, 7) is 4.93. The Labute approximate surface area is 112 Å². The highest BCUT2D eigenvalue weighted by Gasteiger charge is 2.06. The van der Waals surface area contributed by atoms with E-state index in [1.807, 2.05) is 17.5 Å². The van der Waals surface area contributed by atoms with E-state index in [1.165, 1.54) is 0 Å². The fraction of sp³-hybridized carbons (Fsp3) is 0.538. The van der Waals surface area contributed by atoms with Gasteiger partial charge in [0.25, 0.3) is 0 Å². The van der Waals surface area contributed by atoms with Gasteiger partial charge in [0.05, 0.1) is 13.0 Å². The van der Waals surface area contributed by atoms with Crippen LogP contribution in [0, 0.1) is 5.92 Å². The largest absolute Gasteiger partial charge is 0.355 e. The molecule has 0 saturated heterocycles. The maximum atomic E-state index is 11.5. The third kappa shape index (κ3) is 6.39. The number of hydrogen-bond donors (Lipinski definition) is 2. The van der Waals surface area contributed by atoms with Crippen molar-refractivity contribution in [2.75, 3.05) is 13.1 Å². The summed E-state index contributed by atoms with van der Waals surface area (Å²) < 4.78 is 0. The molecule has 5 heteroatoms. The average molecular weight is 268 g/mol. The summed E-state index contributed by atoms with van der Waals surface area (Å²) in [5.41, 5.74) is 0. The van der Waals surface area contributed by atoms with E-state index in [2.05, 4.69) is 24.5 Å². The standard InChI is InChI=1S/C13H20N2O2S/c1-10(2)5-6-14-13(17)9-15-12(16)8-11-4-3-7-18-11/h3-4,7,10H,5-6,8-9H2,1-2H3,(H,14,17)(H,15,16). The number of hydrogen-bond acceptors (Lipinski definition) is 3. The summed E-state index contributed by atoms with van der Waals surface area (Å²) in [4.78, 5) is 23.9. The van der Waals surface area contributed by atoms with Crippen molar-refractivity contribution in [3.63, 3.8) is 0 Å². The summed E-state index contributed by atoms with van der Waals surface area (Å²) in [6, 6.07) is 3.82. The van der Waals surface area contributed by atoms with E-state index in [1.54, 1.807) is 11.3 Å². The SMILES string of the molecule is CC(C)CCNC(=O)CNC(=O)Cc1cccs1. The van der Waals surface area contributed by atoms with Crippen LogP contribution in [0.3, 0.4) is 0 Å². The molecule has 4 nitrogen and oxygen atoms in total. The van der Waals surface area contributed by atoms with Gasteiger partial charge in [-0.25, -0.2) is 0 Å². The lowest BCUT2D eigenvalue weighted by Crippen LogP contribution is -2.38. The highest BCUT2D eigenvalue weighted by Crippen LogP contribution is 2.08. The lowest BCUT2D eigenvalue weighted by molar-refractivity contribution is -0.125. The van der Waals surface area contributed by atoms with E-state index in [9.17, 15) is 9.59 Å². The summed E-state index contributed by atoms with van der Waals surface area (Å²) in [6.07, 6.45) is 1.30. The molecule has 0 aromatic carbocycles. The van der Waals surface area contributed by atoms with Crippen LogP contribution in [0.15, 0.2) is 17.5 Å². The molecule has 0 aliphatic rings. The monoisotopic (exact) mass is 268 g/mol. The highest BCUT2D eigenvalue weighted by atomic mass is 32.1. The number of carbonyl (C=O) groups excluding carboxylic acids is 2. The van der Waals surface area contributed by atoms with Crippen molar-refractivity contribution in [2.24, 2.45) is 5.92 Å². The molecule has 1 heterocycles. The van der Waals surface area contributed by atoms with E-state index in [-0.39, 0.29) is 18.4 Å². The van der Waals surface area contributed by atoms with Crippen LogP contribution in [-0.4, -0.2) is 24.9 Å². The second kappa shape index (κ2) is 7.87. The molecule has 0 bridgehead atoms. The molecule has 0 atom stereocenters. The van der Waals surface area contributed by atoms with Gasteiger partial charge in [0.1, 0.15) is 0 Å². The third-order valence-corrected chi connectivity index (χ3v) is 3.28. The van der Waals surface area contributed by atoms with Gasteiger partial charge in [-0.2, -0.15) is 0 Å². The Kier molecular flexibility index (Phi) is 6.43. The Balaban J connectivity index is 2.12. The molecule has 0 radical (unpaired) electrons. The minimum Gasteiger partial charge on any atom is -0.355 e. The predicted molar refractivity (Wildman–Crippen MR) is 73.5 cm³/mol. The molecule has 100 valence electrons. The van der Waals surface area contributed by atoms with Crippen LogP contribution in [0.5, 0.6) is 0 Å². The Hall–Kier alpha value is -1.36. The summed E-state index contributed by atoms with van der Waals surface area (Å²) >= 11 is 1.54. The zero-order valence-electron chi connectivity index (χ0n) is 10.9. The van der Waals surface area contributed by atoms with Crippen molar-refractivity contribution in [1.29, 1.82) is 0 Å². The van der Waals surface area contributed by atoms with E-state index in [0.29, 0.717) is 18.9 Å². The van der Waals surface area contributed by atoms with Crippen molar-refractivity contribution in [2.45, 2.75) is 26.7 Å². The van der Waals surface area contributed by atoms with Gasteiger partial charge in [-0.1, -0.05) is 19.9 Å². The van der Waals surface area contributed by atoms with Crippen molar-refractivity contribution >= 4 is 23.2 Å². The normalized spacial score (nSPS) is 10.4. The van der Waals surface area contributed by atoms with Crippen molar-refractivity contribution in [1.82, 2.24) is 10.6 Å². The molecule has 0 fully saturated rings. The summed E-state index contributed by atoms with van der Waals surface area (Å²) in [5.74, 6) is 0.324. The molecule has 18 heavy (non-hydrogen) atoms. The maximum Gasteiger partial charge on any atom is 0.239 e. The highest BCUT2D eigenvalue weighted by molar-refractivity contribution is 7.10. The zero-order chi connectivity index (χ0) is 13.4. The van der Waals surface area contributed by atoms with E-state index in [0.717, 1.165) is 11.3 Å². The minimum atomic E-state index is -0.129. The number of thiophene rings is 1. The topological polar surface area (TPSA) is 58.2 Å². The van der Waals surface area contributed by atoms with Crippen molar-refractivity contribution in [3.05, 3.63) is 22.4 Å². The van der Waals surface area contributed by atoms with E-state index >= 15 is 0 Å². The molecule has 0 spiro atoms. The molecular weight excluding hydrogens is 248 g/mol. The fourth-order valence-corrected chi connectivity index (χ4v) is 2.08. The zero-order valence-corrected chi connectivity index (χ0v) is 11.7. The summed E-state index contributed by atoms with van der Waals surface area (Å²) in [7, 11) is 0. The van der Waals surface area contributed by atoms with Crippen LogP contribution in [0.2, 0.25) is 0 Å². The van der Waals surface area contributed by atoms with Crippen LogP contribution in [-0.2, 0) is 16.0 Å². The van der Waals surface area contributed by atoms with E-state index in [4.69, 9.17) is 0 Å². The smallest absolute Gasteiger partial charge is 0.239 e. The molecule has 2 amide bonds. The second-order valence-electron chi connectivity index (χ2n) is 4.57. The first-order valence-corrected chi connectivity index (χ1v) is 7.01. The molecule has 0 aliphatic heterocycles. The maximum absolute atomic E-state index is 11.5. The predicted octanol–water partition coefficient (Wildman–Crippen LogP) is 1.57. The van der Waals surface area contributed by atoms with Gasteiger partial charge in [0.15, 0.2) is 0 Å². The Morgan fingerprint density at radius 1 is 1.28 bits per heavy atom. The Morgan fingerprint density at radius 3 is 2.67 bits per heavy atom. The lowest BCUT2D eigenvalue weighted by atomic mass is 10.1. The number of carbonyl (C=O) groups is 2. The van der Waals surface area contributed by atoms with Crippen molar-refractivity contribution in [3.8, 4) is 0 Å². The quantitative estimate of drug-likeness (QED) is 0.788. The van der Waals surface area contributed by atoms with Crippen LogP contribution in [0.1, 0.15) is 25.1 Å². The first-order chi connectivity index (χ1) is 8.58. The number of amides is 2. The molecule has 0 unspecified atom stereocenters. The van der Waals surface area contributed by atoms with Gasteiger partial charge >= 0.3 is 0 Å². The summed E-state index contributed by atoms with van der Waals surface area (Å²) in [5, 5.41) is 7.32. The molecule has 1 aromatic rings. The average Bonchev–Trinajstić information content (AvgIpc) is 2.78. The first-order valence-electron chi connectivity index (χ1n) is 6.13. The Morgan fingerprint density at radius 2 is 2.06 bits per heavy atom. The number of nitrogens with one attached hydrogen (secondary N) is 2. The Bertz CT molecular complexity index is 374. The molecule has 0 aliphatic carbocycles. The van der Waals surface area contributed by atoms with Gasteiger partial charge in [-0.15, -0.1) is 11.3 Å². The van der Waals surface area contributed by atoms with Crippen LogP contribution in [0.4, 0.5) is 0 Å². The molecule has 1 aromatic heterocycles. The van der Waals surface area contributed by atoms with Crippen LogP contribution >= 0.6 is 11.3 Å². The molecular formula is C13H20N2O2S. The molecule has 0 saturated carbocycles. The minimum absolute atomic E-state index is 0.0578. The van der Waals surface area contributed by atoms with Crippen LogP contribution in [0.25, 0.3) is 0 Å². The second-order valence-corrected chi connectivity index (χ2v) is 5.60. The van der Waals surface area contributed by atoms with Gasteiger partial charge in [0.2, 0.25) is 11.8 Å². The number of rotatable bonds is 7. The van der Waals surface area contributed by atoms with Gasteiger partial charge in [-0.3, -0.25) is 9.59 Å². The van der Waals surface area contributed by atoms with E-state index < -0.39 is 0 Å². The van der Waals surface area contributed by atoms with Gasteiger partial charge in [0, 0.05) is 11.4 Å². The first kappa shape index (κ1) is 14.7. The van der Waals surface area contributed by atoms with Gasteiger partial charge < -0.3 is 10.6 Å². The molecule has 2 N–H and O–H groups in total. The fourth-order valence-electron chi connectivity index (χ4n) is 1.38. The van der Waals surface area contributed by atoms with Gasteiger partial charge in [-0.05, 0) is 23.8 Å². The lowest BCUT2D eigenvalue weighted by Gasteiger charge is -2.08. The molecule has 1 rings (SSSR count). The van der Waals surface area contributed by atoms with Crippen LogP contribution < -0.4 is 10.6 Å². The third-order valence-electron chi connectivity index (χ3n) is 2.40. The van der Waals surface area contributed by atoms with Crippen molar-refractivity contribution < 1.29 is 9.59 Å².